The van der Waals surface area contributed by atoms with Crippen molar-refractivity contribution in [1.82, 2.24) is 29.4 Å². The fourth-order valence-electron chi connectivity index (χ4n) is 2.80. The molecular formula is C18H18ClF3N6O2. The van der Waals surface area contributed by atoms with Crippen LogP contribution in [-0.2, 0) is 31.5 Å². The highest BCUT2D eigenvalue weighted by molar-refractivity contribution is 6.31. The Morgan fingerprint density at radius 3 is 2.70 bits per heavy atom. The average Bonchev–Trinajstić information content (AvgIpc) is 3.21. The van der Waals surface area contributed by atoms with Crippen LogP contribution in [0.2, 0.25) is 5.02 Å². The lowest BCUT2D eigenvalue weighted by Gasteiger charge is -2.06. The predicted octanol–water partition coefficient (Wildman–Crippen LogP) is 2.29. The Balaban J connectivity index is 1.69. The molecule has 0 spiro atoms. The molecule has 2 aromatic heterocycles. The van der Waals surface area contributed by atoms with Crippen LogP contribution in [0.25, 0.3) is 11.4 Å². The predicted molar refractivity (Wildman–Crippen MR) is 103 cm³/mol. The first-order valence-corrected chi connectivity index (χ1v) is 9.16. The molecule has 8 nitrogen and oxygen atoms in total. The molecule has 0 atom stereocenters. The van der Waals surface area contributed by atoms with E-state index >= 15 is 0 Å². The second-order valence-electron chi connectivity index (χ2n) is 6.72. The van der Waals surface area contributed by atoms with Gasteiger partial charge in [0.15, 0.2) is 5.82 Å². The van der Waals surface area contributed by atoms with Crippen LogP contribution in [0.1, 0.15) is 11.1 Å². The SMILES string of the molecule is Cc1cc(CNC(=O)Cn2nc(-c3cnn(CC(F)(F)F)c3)n(C)c2=O)ccc1Cl. The number of nitrogens with one attached hydrogen (secondary N) is 1. The van der Waals surface area contributed by atoms with Gasteiger partial charge >= 0.3 is 11.9 Å². The summed E-state index contributed by atoms with van der Waals surface area (Å²) in [5.74, 6) is -0.336. The van der Waals surface area contributed by atoms with E-state index in [1.165, 1.54) is 13.2 Å². The van der Waals surface area contributed by atoms with Crippen molar-refractivity contribution < 1.29 is 18.0 Å². The van der Waals surface area contributed by atoms with Crippen LogP contribution in [0.15, 0.2) is 35.4 Å². The van der Waals surface area contributed by atoms with Gasteiger partial charge in [-0.3, -0.25) is 14.0 Å². The van der Waals surface area contributed by atoms with E-state index in [4.69, 9.17) is 11.6 Å². The number of nitrogens with zero attached hydrogens (tertiary/aromatic N) is 5. The summed E-state index contributed by atoms with van der Waals surface area (Å²) < 4.78 is 40.3. The number of amides is 1. The topological polar surface area (TPSA) is 86.7 Å². The molecule has 1 N–H and O–H groups in total. The minimum Gasteiger partial charge on any atom is -0.350 e. The third-order valence-electron chi connectivity index (χ3n) is 4.28. The van der Waals surface area contributed by atoms with Crippen molar-refractivity contribution in [3.8, 4) is 11.4 Å². The van der Waals surface area contributed by atoms with Crippen molar-refractivity contribution in [3.05, 3.63) is 57.2 Å². The summed E-state index contributed by atoms with van der Waals surface area (Å²) in [5, 5.41) is 11.0. The van der Waals surface area contributed by atoms with Gasteiger partial charge in [-0.05, 0) is 24.1 Å². The summed E-state index contributed by atoms with van der Waals surface area (Å²) in [6, 6.07) is 5.35. The van der Waals surface area contributed by atoms with Crippen molar-refractivity contribution in [2.75, 3.05) is 0 Å². The molecule has 0 bridgehead atoms. The van der Waals surface area contributed by atoms with Crippen molar-refractivity contribution in [3.63, 3.8) is 0 Å². The monoisotopic (exact) mass is 442 g/mol. The highest BCUT2D eigenvalue weighted by Crippen LogP contribution is 2.20. The molecule has 0 saturated carbocycles. The minimum atomic E-state index is -4.42. The zero-order valence-corrected chi connectivity index (χ0v) is 16.8. The van der Waals surface area contributed by atoms with E-state index in [2.05, 4.69) is 15.5 Å². The summed E-state index contributed by atoms with van der Waals surface area (Å²) in [5.41, 5.74) is 1.37. The second kappa shape index (κ2) is 8.34. The van der Waals surface area contributed by atoms with Gasteiger partial charge in [0.2, 0.25) is 5.91 Å². The number of carbonyl (C=O) groups is 1. The van der Waals surface area contributed by atoms with Crippen LogP contribution >= 0.6 is 11.6 Å². The number of hydrogen-bond donors (Lipinski definition) is 1. The Hall–Kier alpha value is -3.08. The van der Waals surface area contributed by atoms with Crippen molar-refractivity contribution >= 4 is 17.5 Å². The lowest BCUT2D eigenvalue weighted by atomic mass is 10.1. The number of benzene rings is 1. The first-order valence-electron chi connectivity index (χ1n) is 8.78. The first kappa shape index (κ1) is 21.6. The fraction of sp³-hybridized carbons (Fsp3) is 0.333. The average molecular weight is 443 g/mol. The third-order valence-corrected chi connectivity index (χ3v) is 4.70. The summed E-state index contributed by atoms with van der Waals surface area (Å²) in [6.45, 7) is 0.499. The quantitative estimate of drug-likeness (QED) is 0.634. The number of aromatic nitrogens is 5. The number of alkyl halides is 3. The number of halogens is 4. The van der Waals surface area contributed by atoms with Crippen LogP contribution in [0.4, 0.5) is 13.2 Å². The molecule has 0 aliphatic carbocycles. The standard InChI is InChI=1S/C18H18ClF3N6O2/c1-11-5-12(3-4-14(11)19)6-23-15(29)9-28-17(30)26(2)16(25-28)13-7-24-27(8-13)10-18(20,21)22/h3-5,7-8H,6,9-10H2,1-2H3,(H,23,29). The first-order chi connectivity index (χ1) is 14.0. The molecule has 3 rings (SSSR count). The van der Waals surface area contributed by atoms with Gasteiger partial charge < -0.3 is 5.32 Å². The summed E-state index contributed by atoms with van der Waals surface area (Å²) in [7, 11) is 1.41. The van der Waals surface area contributed by atoms with Crippen LogP contribution in [0.5, 0.6) is 0 Å². The van der Waals surface area contributed by atoms with E-state index < -0.39 is 24.3 Å². The van der Waals surface area contributed by atoms with E-state index in [0.29, 0.717) is 9.70 Å². The van der Waals surface area contributed by atoms with Crippen LogP contribution in [-0.4, -0.2) is 36.2 Å². The second-order valence-corrected chi connectivity index (χ2v) is 7.13. The Labute approximate surface area is 173 Å². The van der Waals surface area contributed by atoms with E-state index in [9.17, 15) is 22.8 Å². The van der Waals surface area contributed by atoms with Crippen LogP contribution in [0.3, 0.4) is 0 Å². The normalized spacial score (nSPS) is 11.7. The maximum absolute atomic E-state index is 12.5. The Morgan fingerprint density at radius 1 is 1.30 bits per heavy atom. The van der Waals surface area contributed by atoms with Gasteiger partial charge in [0, 0.05) is 24.8 Å². The molecule has 1 aromatic carbocycles. The lowest BCUT2D eigenvalue weighted by molar-refractivity contribution is -0.142. The molecule has 3 aromatic rings. The van der Waals surface area contributed by atoms with Crippen LogP contribution < -0.4 is 11.0 Å². The van der Waals surface area contributed by atoms with E-state index in [-0.39, 0.29) is 24.5 Å². The largest absolute Gasteiger partial charge is 0.408 e. The highest BCUT2D eigenvalue weighted by atomic mass is 35.5. The van der Waals surface area contributed by atoms with E-state index in [1.54, 1.807) is 12.1 Å². The van der Waals surface area contributed by atoms with E-state index in [0.717, 1.165) is 26.6 Å². The molecule has 0 aliphatic heterocycles. The Bertz CT molecular complexity index is 1130. The molecule has 160 valence electrons. The van der Waals surface area contributed by atoms with E-state index in [1.807, 2.05) is 13.0 Å². The summed E-state index contributed by atoms with van der Waals surface area (Å²) in [4.78, 5) is 24.6. The molecule has 0 unspecified atom stereocenters. The molecule has 12 heteroatoms. The zero-order chi connectivity index (χ0) is 22.1. The molecule has 0 fully saturated rings. The Morgan fingerprint density at radius 2 is 2.03 bits per heavy atom. The number of hydrogen-bond acceptors (Lipinski definition) is 4. The molecule has 30 heavy (non-hydrogen) atoms. The molecule has 2 heterocycles. The fourth-order valence-corrected chi connectivity index (χ4v) is 2.92. The van der Waals surface area contributed by atoms with Gasteiger partial charge in [0.1, 0.15) is 13.1 Å². The van der Waals surface area contributed by atoms with Gasteiger partial charge in [-0.25, -0.2) is 9.48 Å². The smallest absolute Gasteiger partial charge is 0.350 e. The third kappa shape index (κ3) is 5.09. The van der Waals surface area contributed by atoms with Crippen molar-refractivity contribution in [2.24, 2.45) is 7.05 Å². The number of aryl methyl sites for hydroxylation is 1. The van der Waals surface area contributed by atoms with Crippen LogP contribution in [0, 0.1) is 6.92 Å². The van der Waals surface area contributed by atoms with Gasteiger partial charge in [-0.2, -0.15) is 18.3 Å². The lowest BCUT2D eigenvalue weighted by Crippen LogP contribution is -2.33. The maximum atomic E-state index is 12.5. The molecule has 1 amide bonds. The molecule has 0 radical (unpaired) electrons. The van der Waals surface area contributed by atoms with Gasteiger partial charge in [-0.15, -0.1) is 5.10 Å². The number of carbonyl (C=O) groups excluding carboxylic acids is 1. The minimum absolute atomic E-state index is 0.106. The molecule has 0 aliphatic rings. The highest BCUT2D eigenvalue weighted by Gasteiger charge is 2.28. The molecular weight excluding hydrogens is 425 g/mol. The zero-order valence-electron chi connectivity index (χ0n) is 16.1. The maximum Gasteiger partial charge on any atom is 0.408 e. The van der Waals surface area contributed by atoms with Gasteiger partial charge in [0.25, 0.3) is 0 Å². The number of rotatable bonds is 6. The summed E-state index contributed by atoms with van der Waals surface area (Å²) >= 11 is 5.97. The van der Waals surface area contributed by atoms with Crippen molar-refractivity contribution in [1.29, 1.82) is 0 Å². The molecule has 0 saturated heterocycles. The van der Waals surface area contributed by atoms with Crippen molar-refractivity contribution in [2.45, 2.75) is 32.7 Å². The summed E-state index contributed by atoms with van der Waals surface area (Å²) in [6.07, 6.45) is -2.10. The van der Waals surface area contributed by atoms with Gasteiger partial charge in [-0.1, -0.05) is 23.7 Å². The Kier molecular flexibility index (Phi) is 6.01. The van der Waals surface area contributed by atoms with Gasteiger partial charge in [0.05, 0.1) is 11.8 Å².